The predicted molar refractivity (Wildman–Crippen MR) is 104 cm³/mol. The van der Waals surface area contributed by atoms with Gasteiger partial charge < -0.3 is 29.0 Å². The molecule has 0 unspecified atom stereocenters. The third-order valence-electron chi connectivity index (χ3n) is 4.47. The minimum Gasteiger partial charge on any atom is -0.507 e. The van der Waals surface area contributed by atoms with Crippen LogP contribution in [0.3, 0.4) is 0 Å². The van der Waals surface area contributed by atoms with E-state index in [0.29, 0.717) is 46.2 Å². The Hall–Kier alpha value is -3.19. The van der Waals surface area contributed by atoms with Crippen molar-refractivity contribution in [1.82, 2.24) is 0 Å². The lowest BCUT2D eigenvalue weighted by Gasteiger charge is -2.13. The summed E-state index contributed by atoms with van der Waals surface area (Å²) in [5.41, 5.74) is 1.65. The van der Waals surface area contributed by atoms with E-state index in [4.69, 9.17) is 18.9 Å². The topological polar surface area (TPSA) is 78.7 Å². The average Bonchev–Trinajstić information content (AvgIpc) is 2.99. The summed E-state index contributed by atoms with van der Waals surface area (Å²) in [6, 6.07) is 6.50. The van der Waals surface area contributed by atoms with Gasteiger partial charge in [0.25, 0.3) is 0 Å². The van der Waals surface area contributed by atoms with Gasteiger partial charge in [-0.15, -0.1) is 0 Å². The summed E-state index contributed by atoms with van der Waals surface area (Å²) >= 11 is 0. The van der Waals surface area contributed by atoms with Gasteiger partial charge in [-0.05, 0) is 24.3 Å². The van der Waals surface area contributed by atoms with E-state index >= 15 is 0 Å². The first kappa shape index (κ1) is 19.6. The van der Waals surface area contributed by atoms with Crippen LogP contribution in [0.5, 0.6) is 28.7 Å². The van der Waals surface area contributed by atoms with Crippen LogP contribution in [-0.2, 0) is 6.54 Å². The van der Waals surface area contributed by atoms with Gasteiger partial charge in [0, 0.05) is 11.6 Å². The molecule has 0 aromatic heterocycles. The van der Waals surface area contributed by atoms with Gasteiger partial charge in [0.2, 0.25) is 5.78 Å². The predicted octanol–water partition coefficient (Wildman–Crippen LogP) is 1.68. The van der Waals surface area contributed by atoms with Crippen LogP contribution in [-0.4, -0.2) is 46.3 Å². The molecular formula is C21H24NO6+. The van der Waals surface area contributed by atoms with Gasteiger partial charge in [0.05, 0.1) is 46.6 Å². The Bertz CT molecular complexity index is 948. The minimum absolute atomic E-state index is 0.109. The number of ether oxygens (including phenoxy) is 4. The SMILES string of the molecule is COc1cc(OC)c(OC)cc1/C=C1\Oc2c(ccc(O)c2C[NH+](C)C)C1=O. The fraction of sp³-hybridized carbons (Fsp3) is 0.286. The fourth-order valence-electron chi connectivity index (χ4n) is 3.13. The molecule has 7 nitrogen and oxygen atoms in total. The van der Waals surface area contributed by atoms with Gasteiger partial charge in [-0.2, -0.15) is 0 Å². The number of quaternary nitrogens is 1. The quantitative estimate of drug-likeness (QED) is 0.736. The molecule has 0 atom stereocenters. The van der Waals surface area contributed by atoms with Crippen LogP contribution in [0.4, 0.5) is 0 Å². The summed E-state index contributed by atoms with van der Waals surface area (Å²) in [5.74, 6) is 1.95. The van der Waals surface area contributed by atoms with E-state index in [1.54, 1.807) is 24.3 Å². The molecule has 0 radical (unpaired) electrons. The molecular weight excluding hydrogens is 362 g/mol. The zero-order valence-electron chi connectivity index (χ0n) is 16.6. The number of nitrogens with one attached hydrogen (secondary N) is 1. The number of aromatic hydroxyl groups is 1. The van der Waals surface area contributed by atoms with Gasteiger partial charge in [-0.1, -0.05) is 0 Å². The molecule has 1 aliphatic heterocycles. The Morgan fingerprint density at radius 1 is 1.04 bits per heavy atom. The maximum absolute atomic E-state index is 12.8. The summed E-state index contributed by atoms with van der Waals surface area (Å²) in [5, 5.41) is 10.2. The highest BCUT2D eigenvalue weighted by Crippen LogP contribution is 2.41. The molecule has 0 bridgehead atoms. The second-order valence-electron chi connectivity index (χ2n) is 6.71. The number of phenols is 1. The van der Waals surface area contributed by atoms with Gasteiger partial charge in [-0.25, -0.2) is 0 Å². The van der Waals surface area contributed by atoms with Crippen molar-refractivity contribution in [3.63, 3.8) is 0 Å². The molecule has 2 aromatic carbocycles. The number of Topliss-reactive ketones (excluding diaryl/α,β-unsaturated/α-hetero) is 1. The number of benzene rings is 2. The van der Waals surface area contributed by atoms with Gasteiger partial charge in [0.1, 0.15) is 18.0 Å². The van der Waals surface area contributed by atoms with Crippen LogP contribution in [0.1, 0.15) is 21.5 Å². The first-order valence-electron chi connectivity index (χ1n) is 8.77. The Morgan fingerprint density at radius 2 is 1.68 bits per heavy atom. The minimum atomic E-state index is -0.248. The number of fused-ring (bicyclic) bond motifs is 1. The van der Waals surface area contributed by atoms with Gasteiger partial charge in [-0.3, -0.25) is 4.79 Å². The van der Waals surface area contributed by atoms with E-state index in [1.165, 1.54) is 27.4 Å². The largest absolute Gasteiger partial charge is 0.507 e. The first-order valence-corrected chi connectivity index (χ1v) is 8.77. The number of phenolic OH excluding ortho intramolecular Hbond substituents is 1. The number of hydrogen-bond donors (Lipinski definition) is 2. The monoisotopic (exact) mass is 386 g/mol. The molecule has 2 N–H and O–H groups in total. The van der Waals surface area contributed by atoms with E-state index in [9.17, 15) is 9.90 Å². The second kappa shape index (κ2) is 7.82. The van der Waals surface area contributed by atoms with E-state index in [1.807, 2.05) is 14.1 Å². The lowest BCUT2D eigenvalue weighted by Crippen LogP contribution is -3.04. The molecule has 7 heteroatoms. The summed E-state index contributed by atoms with van der Waals surface area (Å²) in [6.07, 6.45) is 1.60. The molecule has 3 rings (SSSR count). The third kappa shape index (κ3) is 3.48. The molecule has 0 spiro atoms. The highest BCUT2D eigenvalue weighted by molar-refractivity contribution is 6.15. The maximum Gasteiger partial charge on any atom is 0.231 e. The highest BCUT2D eigenvalue weighted by atomic mass is 16.5. The van der Waals surface area contributed by atoms with Crippen molar-refractivity contribution in [3.05, 3.63) is 46.7 Å². The number of rotatable bonds is 6. The molecule has 0 amide bonds. The van der Waals surface area contributed by atoms with Crippen LogP contribution in [0, 0.1) is 0 Å². The van der Waals surface area contributed by atoms with Crippen LogP contribution in [0.2, 0.25) is 0 Å². The smallest absolute Gasteiger partial charge is 0.231 e. The number of carbonyl (C=O) groups is 1. The van der Waals surface area contributed by atoms with Crippen molar-refractivity contribution in [2.24, 2.45) is 0 Å². The number of methoxy groups -OCH3 is 3. The van der Waals surface area contributed by atoms with E-state index < -0.39 is 0 Å². The maximum atomic E-state index is 12.8. The number of ketones is 1. The third-order valence-corrected chi connectivity index (χ3v) is 4.47. The molecule has 1 aliphatic rings. The number of hydrogen-bond acceptors (Lipinski definition) is 6. The Labute approximate surface area is 163 Å². The molecule has 0 saturated heterocycles. The van der Waals surface area contributed by atoms with E-state index in [0.717, 1.165) is 4.90 Å². The molecule has 0 aliphatic carbocycles. The summed E-state index contributed by atoms with van der Waals surface area (Å²) in [6.45, 7) is 0.523. The zero-order valence-corrected chi connectivity index (χ0v) is 16.6. The van der Waals surface area contributed by atoms with Gasteiger partial charge in [0.15, 0.2) is 23.0 Å². The summed E-state index contributed by atoms with van der Waals surface area (Å²) < 4.78 is 21.9. The summed E-state index contributed by atoms with van der Waals surface area (Å²) in [7, 11) is 8.52. The van der Waals surface area contributed by atoms with Crippen molar-refractivity contribution in [2.45, 2.75) is 6.54 Å². The van der Waals surface area contributed by atoms with Crippen LogP contribution >= 0.6 is 0 Å². The van der Waals surface area contributed by atoms with Crippen LogP contribution < -0.4 is 23.8 Å². The normalized spacial score (nSPS) is 14.2. The Kier molecular flexibility index (Phi) is 5.46. The number of allylic oxidation sites excluding steroid dienone is 1. The molecule has 148 valence electrons. The van der Waals surface area contributed by atoms with Crippen molar-refractivity contribution >= 4 is 11.9 Å². The Balaban J connectivity index is 2.06. The molecule has 0 fully saturated rings. The Morgan fingerprint density at radius 3 is 2.29 bits per heavy atom. The fourth-order valence-corrected chi connectivity index (χ4v) is 3.13. The van der Waals surface area contributed by atoms with Crippen molar-refractivity contribution in [3.8, 4) is 28.7 Å². The zero-order chi connectivity index (χ0) is 20.4. The van der Waals surface area contributed by atoms with E-state index in [2.05, 4.69) is 0 Å². The van der Waals surface area contributed by atoms with Crippen LogP contribution in [0.15, 0.2) is 30.0 Å². The summed E-state index contributed by atoms with van der Waals surface area (Å²) in [4.78, 5) is 13.9. The van der Waals surface area contributed by atoms with Crippen molar-refractivity contribution in [2.75, 3.05) is 35.4 Å². The highest BCUT2D eigenvalue weighted by Gasteiger charge is 2.32. The molecule has 28 heavy (non-hydrogen) atoms. The molecule has 0 saturated carbocycles. The van der Waals surface area contributed by atoms with E-state index in [-0.39, 0.29) is 17.3 Å². The lowest BCUT2D eigenvalue weighted by molar-refractivity contribution is -0.872. The van der Waals surface area contributed by atoms with Crippen LogP contribution in [0.25, 0.3) is 6.08 Å². The second-order valence-corrected chi connectivity index (χ2v) is 6.71. The standard InChI is InChI=1S/C21H23NO6/c1-22(2)11-14-15(23)7-6-13-20(24)19(28-21(13)14)9-12-8-17(26-4)18(27-5)10-16(12)25-3/h6-10,23H,11H2,1-5H3/p+1/b19-9-. The molecule has 1 heterocycles. The van der Waals surface area contributed by atoms with Gasteiger partial charge >= 0.3 is 0 Å². The van der Waals surface area contributed by atoms with Crippen molar-refractivity contribution < 1.29 is 33.7 Å². The molecule has 2 aromatic rings. The van der Waals surface area contributed by atoms with Crippen molar-refractivity contribution in [1.29, 1.82) is 0 Å². The lowest BCUT2D eigenvalue weighted by atomic mass is 10.0. The first-order chi connectivity index (χ1) is 13.4. The average molecular weight is 386 g/mol. The number of carbonyl (C=O) groups excluding carboxylic acids is 1.